The molecular weight excluding hydrogens is 392 g/mol. The zero-order valence-corrected chi connectivity index (χ0v) is 15.0. The van der Waals surface area contributed by atoms with Crippen LogP contribution in [0.3, 0.4) is 0 Å². The van der Waals surface area contributed by atoms with Crippen LogP contribution < -0.4 is 4.72 Å². The van der Waals surface area contributed by atoms with Gasteiger partial charge in [0.25, 0.3) is 0 Å². The minimum atomic E-state index is -3.51. The van der Waals surface area contributed by atoms with Crippen molar-refractivity contribution in [3.8, 4) is 0 Å². The van der Waals surface area contributed by atoms with Crippen LogP contribution in [0.15, 0.2) is 58.0 Å². The Hall–Kier alpha value is -1.67. The van der Waals surface area contributed by atoms with E-state index < -0.39 is 16.1 Å². The molecule has 7 heteroatoms. The lowest BCUT2D eigenvalue weighted by Crippen LogP contribution is -2.20. The first kappa shape index (κ1) is 15.8. The van der Waals surface area contributed by atoms with Crippen LogP contribution in [0.5, 0.6) is 0 Å². The van der Waals surface area contributed by atoms with E-state index in [1.54, 1.807) is 12.1 Å². The fourth-order valence-electron chi connectivity index (χ4n) is 3.30. The quantitative estimate of drug-likeness (QED) is 0.702. The first-order valence-electron chi connectivity index (χ1n) is 7.51. The zero-order chi connectivity index (χ0) is 16.9. The van der Waals surface area contributed by atoms with Gasteiger partial charge in [-0.1, -0.05) is 34.1 Å². The van der Waals surface area contributed by atoms with Crippen LogP contribution in [0.1, 0.15) is 17.2 Å². The number of rotatable bonds is 3. The van der Waals surface area contributed by atoms with Gasteiger partial charge in [-0.3, -0.25) is 0 Å². The van der Waals surface area contributed by atoms with Crippen LogP contribution >= 0.6 is 15.9 Å². The zero-order valence-electron chi connectivity index (χ0n) is 12.6. The summed E-state index contributed by atoms with van der Waals surface area (Å²) in [6.45, 7) is 0.478. The molecule has 5 nitrogen and oxygen atoms in total. The molecule has 2 aromatic carbocycles. The van der Waals surface area contributed by atoms with Crippen LogP contribution in [0.25, 0.3) is 10.9 Å². The predicted molar refractivity (Wildman–Crippen MR) is 95.3 cm³/mol. The second-order valence-corrected chi connectivity index (χ2v) is 8.35. The van der Waals surface area contributed by atoms with Gasteiger partial charge in [-0.2, -0.15) is 4.72 Å². The highest BCUT2D eigenvalue weighted by atomic mass is 79.9. The number of benzene rings is 2. The number of aliphatic hydroxyl groups is 1. The van der Waals surface area contributed by atoms with Crippen molar-refractivity contribution in [1.29, 1.82) is 0 Å². The Balaban J connectivity index is 1.96. The summed E-state index contributed by atoms with van der Waals surface area (Å²) in [4.78, 5) is 0.327. The SMILES string of the molecule is O=S1(=O)NC(c2cn(CCO)c3ccc(Br)cc23)c2ccccc21. The van der Waals surface area contributed by atoms with Crippen molar-refractivity contribution in [2.24, 2.45) is 0 Å². The van der Waals surface area contributed by atoms with Crippen molar-refractivity contribution in [2.45, 2.75) is 17.5 Å². The van der Waals surface area contributed by atoms with Gasteiger partial charge in [-0.15, -0.1) is 0 Å². The second-order valence-electron chi connectivity index (χ2n) is 5.76. The van der Waals surface area contributed by atoms with Gasteiger partial charge < -0.3 is 9.67 Å². The minimum Gasteiger partial charge on any atom is -0.395 e. The Kier molecular flexibility index (Phi) is 3.76. The van der Waals surface area contributed by atoms with Gasteiger partial charge in [0, 0.05) is 33.7 Å². The van der Waals surface area contributed by atoms with E-state index in [1.807, 2.05) is 41.1 Å². The molecule has 24 heavy (non-hydrogen) atoms. The number of nitrogens with one attached hydrogen (secondary N) is 1. The fraction of sp³-hybridized carbons (Fsp3) is 0.176. The molecule has 0 aliphatic carbocycles. The van der Waals surface area contributed by atoms with E-state index in [4.69, 9.17) is 0 Å². The van der Waals surface area contributed by atoms with Gasteiger partial charge in [0.15, 0.2) is 0 Å². The Morgan fingerprint density at radius 3 is 2.75 bits per heavy atom. The molecule has 0 spiro atoms. The molecule has 4 rings (SSSR count). The summed E-state index contributed by atoms with van der Waals surface area (Å²) in [5.74, 6) is 0. The van der Waals surface area contributed by atoms with Gasteiger partial charge in [-0.25, -0.2) is 8.42 Å². The first-order valence-corrected chi connectivity index (χ1v) is 9.79. The maximum atomic E-state index is 12.4. The molecule has 0 saturated heterocycles. The van der Waals surface area contributed by atoms with Gasteiger partial charge >= 0.3 is 0 Å². The number of fused-ring (bicyclic) bond motifs is 2. The molecule has 3 aromatic rings. The Bertz CT molecular complexity index is 1040. The molecule has 2 heterocycles. The van der Waals surface area contributed by atoms with Crippen molar-refractivity contribution in [3.05, 3.63) is 64.3 Å². The van der Waals surface area contributed by atoms with Crippen molar-refractivity contribution in [3.63, 3.8) is 0 Å². The van der Waals surface area contributed by atoms with E-state index in [0.717, 1.165) is 26.5 Å². The normalized spacial score (nSPS) is 18.8. The lowest BCUT2D eigenvalue weighted by Gasteiger charge is -2.09. The molecule has 0 fully saturated rings. The van der Waals surface area contributed by atoms with Crippen LogP contribution in [0.2, 0.25) is 0 Å². The Labute approximate surface area is 148 Å². The van der Waals surface area contributed by atoms with Gasteiger partial charge in [0.05, 0.1) is 17.5 Å². The maximum Gasteiger partial charge on any atom is 0.241 e. The summed E-state index contributed by atoms with van der Waals surface area (Å²) in [5, 5.41) is 10.3. The standard InChI is InChI=1S/C17H15BrN2O3S/c18-11-5-6-15-13(9-11)14(10-20(15)7-8-21)17-12-3-1-2-4-16(12)24(22,23)19-17/h1-6,9-10,17,19,21H,7-8H2. The summed E-state index contributed by atoms with van der Waals surface area (Å²) in [7, 11) is -3.51. The van der Waals surface area contributed by atoms with Crippen LogP contribution in [0, 0.1) is 0 Å². The Morgan fingerprint density at radius 1 is 1.17 bits per heavy atom. The lowest BCUT2D eigenvalue weighted by molar-refractivity contribution is 0.278. The fourth-order valence-corrected chi connectivity index (χ4v) is 5.10. The van der Waals surface area contributed by atoms with E-state index >= 15 is 0 Å². The Morgan fingerprint density at radius 2 is 1.96 bits per heavy atom. The number of aliphatic hydroxyl groups excluding tert-OH is 1. The highest BCUT2D eigenvalue weighted by molar-refractivity contribution is 9.10. The highest BCUT2D eigenvalue weighted by Gasteiger charge is 2.36. The number of nitrogens with zero attached hydrogens (tertiary/aromatic N) is 1. The predicted octanol–water partition coefficient (Wildman–Crippen LogP) is 2.78. The largest absolute Gasteiger partial charge is 0.395 e. The smallest absolute Gasteiger partial charge is 0.241 e. The van der Waals surface area contributed by atoms with Gasteiger partial charge in [0.1, 0.15) is 0 Å². The molecule has 1 atom stereocenters. The molecule has 0 amide bonds. The third kappa shape index (κ3) is 2.39. The lowest BCUT2D eigenvalue weighted by atomic mass is 9.99. The molecule has 1 aliphatic heterocycles. The topological polar surface area (TPSA) is 71.3 Å². The second kappa shape index (κ2) is 5.70. The van der Waals surface area contributed by atoms with Crippen LogP contribution in [-0.4, -0.2) is 24.7 Å². The summed E-state index contributed by atoms with van der Waals surface area (Å²) in [5.41, 5.74) is 2.60. The van der Waals surface area contributed by atoms with E-state index in [1.165, 1.54) is 0 Å². The maximum absolute atomic E-state index is 12.4. The van der Waals surface area contributed by atoms with Crippen LogP contribution in [0.4, 0.5) is 0 Å². The molecule has 0 saturated carbocycles. The summed E-state index contributed by atoms with van der Waals surface area (Å²) in [6.07, 6.45) is 1.92. The molecular formula is C17H15BrN2O3S. The number of aromatic nitrogens is 1. The highest BCUT2D eigenvalue weighted by Crippen LogP contribution is 2.39. The third-order valence-electron chi connectivity index (χ3n) is 4.32. The average molecular weight is 407 g/mol. The molecule has 1 aromatic heterocycles. The summed E-state index contributed by atoms with van der Waals surface area (Å²) >= 11 is 3.48. The number of sulfonamides is 1. The number of hydrogen-bond acceptors (Lipinski definition) is 3. The molecule has 2 N–H and O–H groups in total. The molecule has 124 valence electrons. The third-order valence-corrected chi connectivity index (χ3v) is 6.31. The van der Waals surface area contributed by atoms with E-state index in [-0.39, 0.29) is 6.61 Å². The summed E-state index contributed by atoms with van der Waals surface area (Å²) < 4.78 is 30.4. The van der Waals surface area contributed by atoms with Crippen molar-refractivity contribution in [2.75, 3.05) is 6.61 Å². The average Bonchev–Trinajstić information content (AvgIpc) is 3.03. The molecule has 1 aliphatic rings. The number of halogens is 1. The monoisotopic (exact) mass is 406 g/mol. The van der Waals surface area contributed by atoms with Gasteiger partial charge in [-0.05, 0) is 29.8 Å². The molecule has 0 radical (unpaired) electrons. The van der Waals surface area contributed by atoms with Crippen LogP contribution in [-0.2, 0) is 16.6 Å². The van der Waals surface area contributed by atoms with Gasteiger partial charge in [0.2, 0.25) is 10.0 Å². The van der Waals surface area contributed by atoms with E-state index in [2.05, 4.69) is 20.7 Å². The minimum absolute atomic E-state index is 0.0201. The van der Waals surface area contributed by atoms with E-state index in [9.17, 15) is 13.5 Å². The number of hydrogen-bond donors (Lipinski definition) is 2. The van der Waals surface area contributed by atoms with Crippen molar-refractivity contribution >= 4 is 36.9 Å². The van der Waals surface area contributed by atoms with Crippen molar-refractivity contribution in [1.82, 2.24) is 9.29 Å². The first-order chi connectivity index (χ1) is 11.5. The molecule has 0 bridgehead atoms. The van der Waals surface area contributed by atoms with E-state index in [0.29, 0.717) is 11.4 Å². The summed E-state index contributed by atoms with van der Waals surface area (Å²) in [6, 6.07) is 12.5. The molecule has 1 unspecified atom stereocenters. The van der Waals surface area contributed by atoms with Crippen molar-refractivity contribution < 1.29 is 13.5 Å².